The lowest BCUT2D eigenvalue weighted by molar-refractivity contribution is 0.0685. The average molecular weight is 493 g/mol. The highest BCUT2D eigenvalue weighted by Gasteiger charge is 2.21. The molecule has 0 spiro atoms. The van der Waals surface area contributed by atoms with E-state index in [-0.39, 0.29) is 20.9 Å². The van der Waals surface area contributed by atoms with Crippen molar-refractivity contribution in [2.75, 3.05) is 0 Å². The van der Waals surface area contributed by atoms with Gasteiger partial charge in [0.25, 0.3) is 0 Å². The fraction of sp³-hybridized carbons (Fsp3) is 0.154. The van der Waals surface area contributed by atoms with Crippen LogP contribution in [-0.4, -0.2) is 39.7 Å². The van der Waals surface area contributed by atoms with Crippen molar-refractivity contribution < 1.29 is 28.2 Å². The maximum Gasteiger partial charge on any atom is 0.337 e. The maximum atomic E-state index is 13.2. The summed E-state index contributed by atoms with van der Waals surface area (Å²) < 4.78 is 30.0. The van der Waals surface area contributed by atoms with Gasteiger partial charge in [0, 0.05) is 34.2 Å². The topological polar surface area (TPSA) is 119 Å². The Labute approximate surface area is 202 Å². The molecular formula is C26H24N2O6S. The van der Waals surface area contributed by atoms with Gasteiger partial charge < -0.3 is 19.3 Å². The third kappa shape index (κ3) is 4.04. The number of aryl methyl sites for hydroxylation is 2. The Morgan fingerprint density at radius 3 is 1.20 bits per heavy atom. The molecule has 8 nitrogen and oxygen atoms in total. The third-order valence-electron chi connectivity index (χ3n) is 6.13. The molecule has 4 aromatic rings. The Kier molecular flexibility index (Phi) is 5.90. The third-order valence-corrected chi connectivity index (χ3v) is 7.92. The van der Waals surface area contributed by atoms with E-state index in [9.17, 15) is 28.2 Å². The highest BCUT2D eigenvalue weighted by molar-refractivity contribution is 7.91. The second-order valence-electron chi connectivity index (χ2n) is 8.34. The molecule has 0 radical (unpaired) electrons. The number of rotatable bonds is 6. The Hall–Kier alpha value is -4.11. The Morgan fingerprint density at radius 2 is 0.943 bits per heavy atom. The van der Waals surface area contributed by atoms with E-state index < -0.39 is 21.8 Å². The summed E-state index contributed by atoms with van der Waals surface area (Å²) in [7, 11) is -3.80. The van der Waals surface area contributed by atoms with Gasteiger partial charge in [0.05, 0.1) is 20.9 Å². The predicted molar refractivity (Wildman–Crippen MR) is 130 cm³/mol. The van der Waals surface area contributed by atoms with Gasteiger partial charge in [0.15, 0.2) is 0 Å². The molecular weight excluding hydrogens is 468 g/mol. The minimum absolute atomic E-state index is 0.108. The summed E-state index contributed by atoms with van der Waals surface area (Å²) in [5.74, 6) is -2.03. The summed E-state index contributed by atoms with van der Waals surface area (Å²) >= 11 is 0. The van der Waals surface area contributed by atoms with Crippen molar-refractivity contribution in [2.45, 2.75) is 37.5 Å². The van der Waals surface area contributed by atoms with E-state index >= 15 is 0 Å². The van der Waals surface area contributed by atoms with E-state index in [0.29, 0.717) is 22.8 Å². The van der Waals surface area contributed by atoms with Crippen molar-refractivity contribution in [3.63, 3.8) is 0 Å². The Bertz CT molecular complexity index is 1460. The van der Waals surface area contributed by atoms with E-state index in [1.807, 2.05) is 0 Å². The van der Waals surface area contributed by atoms with Gasteiger partial charge in [0.1, 0.15) is 0 Å². The molecule has 0 saturated heterocycles. The molecule has 0 aliphatic carbocycles. The van der Waals surface area contributed by atoms with Crippen LogP contribution in [0.15, 0.2) is 70.5 Å². The standard InChI is InChI=1S/C26H24N2O6S/c1-15-13-23(25(29)30)17(3)27(15)19-5-9-21(10-6-19)35(33,34)22-11-7-20(8-12-22)28-16(2)14-24(18(28)4)26(31)32/h5-14H,1-4H3,(H,29,30)(H,31,32). The summed E-state index contributed by atoms with van der Waals surface area (Å²) in [5, 5.41) is 18.7. The van der Waals surface area contributed by atoms with Crippen molar-refractivity contribution >= 4 is 21.8 Å². The van der Waals surface area contributed by atoms with Crippen LogP contribution in [0.5, 0.6) is 0 Å². The summed E-state index contributed by atoms with van der Waals surface area (Å²) in [4.78, 5) is 23.1. The van der Waals surface area contributed by atoms with Crippen LogP contribution in [0.3, 0.4) is 0 Å². The molecule has 0 aliphatic rings. The SMILES string of the molecule is Cc1cc(C(=O)O)c(C)n1-c1ccc(S(=O)(=O)c2ccc(-n3c(C)cc(C(=O)O)c3C)cc2)cc1. The fourth-order valence-electron chi connectivity index (χ4n) is 4.44. The normalized spacial score (nSPS) is 11.5. The van der Waals surface area contributed by atoms with E-state index in [1.165, 1.54) is 24.3 Å². The summed E-state index contributed by atoms with van der Waals surface area (Å²) in [5.41, 5.74) is 4.29. The zero-order valence-electron chi connectivity index (χ0n) is 19.6. The first-order valence-corrected chi connectivity index (χ1v) is 12.2. The van der Waals surface area contributed by atoms with Gasteiger partial charge in [-0.15, -0.1) is 0 Å². The molecule has 180 valence electrons. The molecule has 0 fully saturated rings. The van der Waals surface area contributed by atoms with Crippen molar-refractivity contribution in [1.82, 2.24) is 9.13 Å². The minimum Gasteiger partial charge on any atom is -0.478 e. The first kappa shape index (κ1) is 24.0. The Balaban J connectivity index is 1.66. The lowest BCUT2D eigenvalue weighted by Gasteiger charge is -2.12. The van der Waals surface area contributed by atoms with Crippen molar-refractivity contribution in [3.8, 4) is 11.4 Å². The molecule has 0 unspecified atom stereocenters. The van der Waals surface area contributed by atoms with Crippen LogP contribution >= 0.6 is 0 Å². The second kappa shape index (κ2) is 8.59. The number of carboxylic acids is 2. The molecule has 0 amide bonds. The number of hydrogen-bond donors (Lipinski definition) is 2. The van der Waals surface area contributed by atoms with Gasteiger partial charge in [-0.1, -0.05) is 0 Å². The number of nitrogens with zero attached hydrogens (tertiary/aromatic N) is 2. The highest BCUT2D eigenvalue weighted by atomic mass is 32.2. The molecule has 0 aliphatic heterocycles. The van der Waals surface area contributed by atoms with Crippen molar-refractivity contribution in [3.05, 3.63) is 94.6 Å². The van der Waals surface area contributed by atoms with Gasteiger partial charge >= 0.3 is 11.9 Å². The van der Waals surface area contributed by atoms with E-state index in [2.05, 4.69) is 0 Å². The zero-order valence-corrected chi connectivity index (χ0v) is 20.4. The van der Waals surface area contributed by atoms with Crippen LogP contribution in [0.1, 0.15) is 43.5 Å². The molecule has 35 heavy (non-hydrogen) atoms. The summed E-state index contributed by atoms with van der Waals surface area (Å²) in [6, 6.07) is 15.7. The van der Waals surface area contributed by atoms with Crippen LogP contribution in [0.2, 0.25) is 0 Å². The second-order valence-corrected chi connectivity index (χ2v) is 10.3. The Morgan fingerprint density at radius 1 is 0.629 bits per heavy atom. The first-order valence-electron chi connectivity index (χ1n) is 10.7. The monoisotopic (exact) mass is 492 g/mol. The van der Waals surface area contributed by atoms with Gasteiger partial charge in [-0.05, 0) is 88.4 Å². The number of carboxylic acid groups (broad SMARTS) is 2. The number of carbonyl (C=O) groups is 2. The van der Waals surface area contributed by atoms with Crippen LogP contribution in [-0.2, 0) is 9.84 Å². The maximum absolute atomic E-state index is 13.2. The molecule has 0 bridgehead atoms. The average Bonchev–Trinajstić information content (AvgIpc) is 3.28. The summed E-state index contributed by atoms with van der Waals surface area (Å²) in [6.07, 6.45) is 0. The number of aromatic nitrogens is 2. The number of sulfone groups is 1. The van der Waals surface area contributed by atoms with E-state index in [1.54, 1.807) is 73.2 Å². The van der Waals surface area contributed by atoms with E-state index in [4.69, 9.17) is 0 Å². The molecule has 4 rings (SSSR count). The van der Waals surface area contributed by atoms with Gasteiger partial charge in [-0.3, -0.25) is 0 Å². The lowest BCUT2D eigenvalue weighted by Crippen LogP contribution is -2.06. The van der Waals surface area contributed by atoms with Gasteiger partial charge in [-0.25, -0.2) is 18.0 Å². The summed E-state index contributed by atoms with van der Waals surface area (Å²) in [6.45, 7) is 6.99. The largest absolute Gasteiger partial charge is 0.478 e. The minimum atomic E-state index is -3.80. The number of benzene rings is 2. The van der Waals surface area contributed by atoms with Crippen LogP contribution < -0.4 is 0 Å². The predicted octanol–water partition coefficient (Wildman–Crippen LogP) is 4.73. The molecule has 2 aromatic carbocycles. The number of aromatic carboxylic acids is 2. The molecule has 0 saturated carbocycles. The highest BCUT2D eigenvalue weighted by Crippen LogP contribution is 2.27. The molecule has 2 heterocycles. The lowest BCUT2D eigenvalue weighted by atomic mass is 10.2. The molecule has 2 N–H and O–H groups in total. The fourth-order valence-corrected chi connectivity index (χ4v) is 5.70. The smallest absolute Gasteiger partial charge is 0.337 e. The van der Waals surface area contributed by atoms with Crippen LogP contribution in [0, 0.1) is 27.7 Å². The van der Waals surface area contributed by atoms with Crippen molar-refractivity contribution in [1.29, 1.82) is 0 Å². The van der Waals surface area contributed by atoms with Crippen LogP contribution in [0.4, 0.5) is 0 Å². The first-order chi connectivity index (χ1) is 16.4. The quantitative estimate of drug-likeness (QED) is 0.402. The van der Waals surface area contributed by atoms with Crippen LogP contribution in [0.25, 0.3) is 11.4 Å². The zero-order chi connectivity index (χ0) is 25.7. The molecule has 9 heteroatoms. The van der Waals surface area contributed by atoms with Gasteiger partial charge in [0.2, 0.25) is 9.84 Å². The molecule has 2 aromatic heterocycles. The van der Waals surface area contributed by atoms with Crippen molar-refractivity contribution in [2.24, 2.45) is 0 Å². The number of hydrogen-bond acceptors (Lipinski definition) is 4. The van der Waals surface area contributed by atoms with E-state index in [0.717, 1.165) is 11.4 Å². The van der Waals surface area contributed by atoms with Gasteiger partial charge in [-0.2, -0.15) is 0 Å². The molecule has 0 atom stereocenters.